The van der Waals surface area contributed by atoms with Gasteiger partial charge in [0, 0.05) is 0 Å². The Kier molecular flexibility index (Phi) is 6.43. The predicted octanol–water partition coefficient (Wildman–Crippen LogP) is 4.41. The maximum absolute atomic E-state index is 10.8. The minimum Gasteiger partial charge on any atom is -0.390 e. The van der Waals surface area contributed by atoms with Crippen molar-refractivity contribution >= 4 is 0 Å². The summed E-state index contributed by atoms with van der Waals surface area (Å²) in [5.74, 6) is 0.194. The van der Waals surface area contributed by atoms with Gasteiger partial charge in [-0.25, -0.2) is 4.89 Å². The molecule has 2 aliphatic heterocycles. The van der Waals surface area contributed by atoms with Crippen LogP contribution in [0.5, 0.6) is 0 Å². The molecule has 2 rings (SSSR count). The maximum Gasteiger partial charge on any atom is 0.114 e. The fourth-order valence-corrected chi connectivity index (χ4v) is 3.81. The van der Waals surface area contributed by atoms with Gasteiger partial charge in [0.15, 0.2) is 0 Å². The van der Waals surface area contributed by atoms with Crippen LogP contribution < -0.4 is 0 Å². The molecule has 4 heteroatoms. The van der Waals surface area contributed by atoms with Crippen molar-refractivity contribution in [3.63, 3.8) is 0 Å². The summed E-state index contributed by atoms with van der Waals surface area (Å²) >= 11 is 0. The Bertz CT molecular complexity index is 498. The standard InChI is InChI=1S/C20H32O4/c1-13(2)16-8-6-15(4)18(24-22)9-7-14(3)17-10-11-20(5,23-17)19(21)12-16/h16-19,21-22H,1,3-4,6-12H2,2,5H3/t16?,17-,18-,19-,20+/m0/s1. The lowest BCUT2D eigenvalue weighted by Gasteiger charge is -2.33. The van der Waals surface area contributed by atoms with Crippen molar-refractivity contribution in [3.8, 4) is 0 Å². The van der Waals surface area contributed by atoms with Crippen LogP contribution in [-0.4, -0.2) is 34.3 Å². The molecule has 0 spiro atoms. The van der Waals surface area contributed by atoms with Crippen LogP contribution in [0.1, 0.15) is 58.8 Å². The van der Waals surface area contributed by atoms with E-state index < -0.39 is 11.7 Å². The lowest BCUT2D eigenvalue weighted by molar-refractivity contribution is -0.270. The molecule has 24 heavy (non-hydrogen) atoms. The summed E-state index contributed by atoms with van der Waals surface area (Å²) in [7, 11) is 0. The molecule has 2 heterocycles. The molecule has 5 atom stereocenters. The van der Waals surface area contributed by atoms with Gasteiger partial charge in [0.05, 0.1) is 17.8 Å². The van der Waals surface area contributed by atoms with E-state index in [0.717, 1.165) is 42.4 Å². The van der Waals surface area contributed by atoms with E-state index in [1.807, 2.05) is 13.8 Å². The monoisotopic (exact) mass is 336 g/mol. The van der Waals surface area contributed by atoms with Crippen LogP contribution >= 0.6 is 0 Å². The van der Waals surface area contributed by atoms with E-state index in [1.54, 1.807) is 0 Å². The Balaban J connectivity index is 2.22. The van der Waals surface area contributed by atoms with Gasteiger partial charge in [-0.2, -0.15) is 0 Å². The van der Waals surface area contributed by atoms with Crippen LogP contribution in [0.25, 0.3) is 0 Å². The summed E-state index contributed by atoms with van der Waals surface area (Å²) in [6.07, 6.45) is 4.31. The van der Waals surface area contributed by atoms with Gasteiger partial charge in [0.1, 0.15) is 6.10 Å². The highest BCUT2D eigenvalue weighted by molar-refractivity contribution is 5.12. The number of fused-ring (bicyclic) bond motifs is 2. The molecular formula is C20H32O4. The number of hydrogen-bond acceptors (Lipinski definition) is 4. The smallest absolute Gasteiger partial charge is 0.114 e. The number of aliphatic hydroxyl groups excluding tert-OH is 1. The van der Waals surface area contributed by atoms with Gasteiger partial charge in [-0.15, -0.1) is 0 Å². The molecule has 1 unspecified atom stereocenters. The van der Waals surface area contributed by atoms with Crippen molar-refractivity contribution in [3.05, 3.63) is 36.5 Å². The zero-order chi connectivity index (χ0) is 17.9. The van der Waals surface area contributed by atoms with E-state index >= 15 is 0 Å². The second-order valence-corrected chi connectivity index (χ2v) is 7.74. The number of hydrogen-bond donors (Lipinski definition) is 2. The first-order valence-corrected chi connectivity index (χ1v) is 8.93. The van der Waals surface area contributed by atoms with Gasteiger partial charge in [-0.3, -0.25) is 5.26 Å². The van der Waals surface area contributed by atoms with Gasteiger partial charge in [-0.05, 0) is 75.9 Å². The number of allylic oxidation sites excluding steroid dienone is 1. The summed E-state index contributed by atoms with van der Waals surface area (Å²) < 4.78 is 6.21. The maximum atomic E-state index is 10.8. The highest BCUT2D eigenvalue weighted by Gasteiger charge is 2.43. The minimum atomic E-state index is -0.532. The molecule has 4 nitrogen and oxygen atoms in total. The van der Waals surface area contributed by atoms with Crippen molar-refractivity contribution in [2.75, 3.05) is 0 Å². The van der Waals surface area contributed by atoms with E-state index in [1.165, 1.54) is 0 Å². The van der Waals surface area contributed by atoms with E-state index in [2.05, 4.69) is 24.6 Å². The van der Waals surface area contributed by atoms with Crippen molar-refractivity contribution < 1.29 is 20.0 Å². The average Bonchev–Trinajstić information content (AvgIpc) is 2.94. The fourth-order valence-electron chi connectivity index (χ4n) is 3.81. The SMILES string of the molecule is C=C(C)C1CCC(=C)[C@@H](OO)CCC(=C)[C@@H]2CC[C@@](C)(O2)[C@@H](O)C1. The molecule has 2 saturated heterocycles. The predicted molar refractivity (Wildman–Crippen MR) is 95.7 cm³/mol. The number of aliphatic hydroxyl groups is 1. The van der Waals surface area contributed by atoms with Gasteiger partial charge >= 0.3 is 0 Å². The molecule has 2 fully saturated rings. The average molecular weight is 336 g/mol. The Labute approximate surface area is 145 Å². The molecule has 0 aromatic heterocycles. The number of ether oxygens (including phenoxy) is 1. The van der Waals surface area contributed by atoms with E-state index in [4.69, 9.17) is 4.74 Å². The third kappa shape index (κ3) is 4.37. The van der Waals surface area contributed by atoms with E-state index in [-0.39, 0.29) is 18.1 Å². The highest BCUT2D eigenvalue weighted by Crippen LogP contribution is 2.40. The second kappa shape index (κ2) is 7.96. The van der Waals surface area contributed by atoms with Gasteiger partial charge < -0.3 is 9.84 Å². The van der Waals surface area contributed by atoms with Crippen molar-refractivity contribution in [2.45, 2.75) is 82.7 Å². The summed E-state index contributed by atoms with van der Waals surface area (Å²) in [4.78, 5) is 4.65. The fraction of sp³-hybridized carbons (Fsp3) is 0.700. The summed E-state index contributed by atoms with van der Waals surface area (Å²) in [5, 5.41) is 20.0. The Morgan fingerprint density at radius 1 is 1.21 bits per heavy atom. The van der Waals surface area contributed by atoms with E-state index in [0.29, 0.717) is 19.3 Å². The topological polar surface area (TPSA) is 58.9 Å². The van der Waals surface area contributed by atoms with Gasteiger partial charge in [0.2, 0.25) is 0 Å². The molecule has 0 saturated carbocycles. The largest absolute Gasteiger partial charge is 0.390 e. The summed E-state index contributed by atoms with van der Waals surface area (Å²) in [6.45, 7) is 16.3. The van der Waals surface area contributed by atoms with Crippen LogP contribution in [0.2, 0.25) is 0 Å². The van der Waals surface area contributed by atoms with Crippen molar-refractivity contribution in [1.29, 1.82) is 0 Å². The summed E-state index contributed by atoms with van der Waals surface area (Å²) in [6, 6.07) is 0. The molecule has 0 radical (unpaired) electrons. The molecule has 2 aliphatic rings. The quantitative estimate of drug-likeness (QED) is 0.445. The van der Waals surface area contributed by atoms with Gasteiger partial charge in [0.25, 0.3) is 0 Å². The summed E-state index contributed by atoms with van der Waals surface area (Å²) in [5.41, 5.74) is 2.40. The Hall–Kier alpha value is -0.940. The second-order valence-electron chi connectivity index (χ2n) is 7.74. The number of rotatable bonds is 2. The lowest BCUT2D eigenvalue weighted by Crippen LogP contribution is -2.41. The van der Waals surface area contributed by atoms with E-state index in [9.17, 15) is 10.4 Å². The zero-order valence-corrected chi connectivity index (χ0v) is 15.1. The first kappa shape index (κ1) is 19.4. The first-order valence-electron chi connectivity index (χ1n) is 8.93. The molecule has 2 bridgehead atoms. The van der Waals surface area contributed by atoms with Crippen molar-refractivity contribution in [2.24, 2.45) is 5.92 Å². The molecule has 0 aliphatic carbocycles. The molecule has 0 aromatic carbocycles. The van der Waals surface area contributed by atoms with Crippen molar-refractivity contribution in [1.82, 2.24) is 0 Å². The van der Waals surface area contributed by atoms with Crippen LogP contribution in [0.4, 0.5) is 0 Å². The van der Waals surface area contributed by atoms with Crippen LogP contribution in [0.15, 0.2) is 36.5 Å². The first-order chi connectivity index (χ1) is 11.3. The highest BCUT2D eigenvalue weighted by atomic mass is 17.1. The molecule has 0 amide bonds. The minimum absolute atomic E-state index is 0.0405. The Morgan fingerprint density at radius 2 is 1.88 bits per heavy atom. The molecular weight excluding hydrogens is 304 g/mol. The molecule has 2 N–H and O–H groups in total. The van der Waals surface area contributed by atoms with Crippen LogP contribution in [0.3, 0.4) is 0 Å². The van der Waals surface area contributed by atoms with Crippen LogP contribution in [-0.2, 0) is 9.62 Å². The molecule has 0 aromatic rings. The third-order valence-electron chi connectivity index (χ3n) is 5.80. The molecule has 136 valence electrons. The normalized spacial score (nSPS) is 39.0. The third-order valence-corrected chi connectivity index (χ3v) is 5.80. The van der Waals surface area contributed by atoms with Crippen LogP contribution in [0, 0.1) is 5.92 Å². The van der Waals surface area contributed by atoms with Gasteiger partial charge in [-0.1, -0.05) is 25.3 Å². The lowest BCUT2D eigenvalue weighted by atomic mass is 9.82. The zero-order valence-electron chi connectivity index (χ0n) is 15.1. The Morgan fingerprint density at radius 3 is 2.50 bits per heavy atom.